The fraction of sp³-hybridized carbons (Fsp3) is 0.0189. The maximum Gasteiger partial charge on any atom is 0.416 e. The Morgan fingerprint density at radius 3 is 1.34 bits per heavy atom. The molecule has 64 heavy (non-hydrogen) atoms. The van der Waals surface area contributed by atoms with Gasteiger partial charge in [-0.1, -0.05) is 60.7 Å². The molecule has 0 aliphatic heterocycles. The summed E-state index contributed by atoms with van der Waals surface area (Å²) in [5, 5.41) is 52.5. The Bertz CT molecular complexity index is 3790. The summed E-state index contributed by atoms with van der Waals surface area (Å²) in [6.45, 7) is 0. The maximum absolute atomic E-state index is 14.6. The molecule has 10 aromatic rings. The molecule has 0 atom stereocenters. The lowest BCUT2D eigenvalue weighted by molar-refractivity contribution is -0.137. The van der Waals surface area contributed by atoms with Crippen molar-refractivity contribution in [3.05, 3.63) is 185 Å². The van der Waals surface area contributed by atoms with Crippen LogP contribution in [0.5, 0.6) is 0 Å². The summed E-state index contributed by atoms with van der Waals surface area (Å²) in [5.74, 6) is 0.375. The van der Waals surface area contributed by atoms with Crippen molar-refractivity contribution < 1.29 is 13.2 Å². The van der Waals surface area contributed by atoms with Crippen LogP contribution >= 0.6 is 0 Å². The van der Waals surface area contributed by atoms with Crippen LogP contribution in [-0.2, 0) is 6.18 Å². The van der Waals surface area contributed by atoms with Gasteiger partial charge in [-0.15, -0.1) is 0 Å². The zero-order valence-electron chi connectivity index (χ0n) is 33.1. The zero-order valence-corrected chi connectivity index (χ0v) is 33.1. The van der Waals surface area contributed by atoms with Crippen molar-refractivity contribution in [2.45, 2.75) is 6.18 Å². The molecule has 3 heterocycles. The first-order valence-corrected chi connectivity index (χ1v) is 19.7. The van der Waals surface area contributed by atoms with Gasteiger partial charge >= 0.3 is 6.18 Å². The number of hydrogen-bond acceptors (Lipinski definition) is 6. The third-order valence-electron chi connectivity index (χ3n) is 11.4. The molecule has 0 saturated carbocycles. The van der Waals surface area contributed by atoms with Gasteiger partial charge in [-0.2, -0.15) is 39.5 Å². The number of halogens is 3. The Morgan fingerprint density at radius 2 is 0.844 bits per heavy atom. The molecule has 298 valence electrons. The molecule has 7 aromatic carbocycles. The molecule has 0 radical (unpaired) electrons. The number of pyridine rings is 1. The Morgan fingerprint density at radius 1 is 0.406 bits per heavy atom. The SMILES string of the molecule is N#Cc1cc(C#N)cc(-c2ccc3c4ccccc4n(-c4cc(-c5cc(C#N)cc(C(F)(F)F)c5)c(-n5c6ccccc6c6ccc(-c7cc(C#N)cc(C#N)c7)cc65)cn4)c3c2)c1. The van der Waals surface area contributed by atoms with E-state index in [0.717, 1.165) is 50.3 Å². The second kappa shape index (κ2) is 14.9. The average Bonchev–Trinajstić information content (AvgIpc) is 3.85. The molecule has 11 heteroatoms. The van der Waals surface area contributed by atoms with Crippen LogP contribution in [0.4, 0.5) is 13.2 Å². The summed E-state index contributed by atoms with van der Waals surface area (Å²) in [6.07, 6.45) is -3.14. The minimum Gasteiger partial charge on any atom is -0.307 e. The molecule has 0 N–H and O–H groups in total. The van der Waals surface area contributed by atoms with E-state index in [2.05, 4.69) is 24.3 Å². The predicted molar refractivity (Wildman–Crippen MR) is 238 cm³/mol. The minimum atomic E-state index is -4.77. The van der Waals surface area contributed by atoms with Crippen molar-refractivity contribution in [2.24, 2.45) is 0 Å². The van der Waals surface area contributed by atoms with E-state index in [1.165, 1.54) is 18.2 Å². The van der Waals surface area contributed by atoms with Gasteiger partial charge in [0.15, 0.2) is 0 Å². The van der Waals surface area contributed by atoms with Crippen LogP contribution in [0.2, 0.25) is 0 Å². The first-order valence-electron chi connectivity index (χ1n) is 19.7. The Kier molecular flexibility index (Phi) is 9.02. The van der Waals surface area contributed by atoms with Gasteiger partial charge in [0.25, 0.3) is 0 Å². The predicted octanol–water partition coefficient (Wildman–Crippen LogP) is 12.7. The molecule has 0 amide bonds. The summed E-state index contributed by atoms with van der Waals surface area (Å²) in [6, 6.07) is 52.2. The fourth-order valence-corrected chi connectivity index (χ4v) is 8.63. The van der Waals surface area contributed by atoms with Crippen molar-refractivity contribution in [2.75, 3.05) is 0 Å². The Hall–Kier alpha value is -9.47. The Balaban J connectivity index is 1.29. The smallest absolute Gasteiger partial charge is 0.307 e. The highest BCUT2D eigenvalue weighted by Gasteiger charge is 2.32. The molecule has 3 aromatic heterocycles. The van der Waals surface area contributed by atoms with Gasteiger partial charge < -0.3 is 4.57 Å². The first-order chi connectivity index (χ1) is 31.1. The van der Waals surface area contributed by atoms with Crippen LogP contribution in [0, 0.1) is 56.7 Å². The molecule has 0 aliphatic carbocycles. The van der Waals surface area contributed by atoms with Gasteiger partial charge in [0.2, 0.25) is 0 Å². The molecular formula is C53H25F3N8. The summed E-state index contributed by atoms with van der Waals surface area (Å²) in [4.78, 5) is 5.07. The van der Waals surface area contributed by atoms with Gasteiger partial charge in [0, 0.05) is 27.1 Å². The number of para-hydroxylation sites is 2. The van der Waals surface area contributed by atoms with E-state index in [4.69, 9.17) is 4.98 Å². The number of rotatable bonds is 5. The number of alkyl halides is 3. The number of nitriles is 5. The summed E-state index contributed by atoms with van der Waals surface area (Å²) >= 11 is 0. The van der Waals surface area contributed by atoms with Crippen molar-refractivity contribution in [3.63, 3.8) is 0 Å². The van der Waals surface area contributed by atoms with Gasteiger partial charge in [-0.05, 0) is 113 Å². The van der Waals surface area contributed by atoms with Gasteiger partial charge in [-0.25, -0.2) is 4.98 Å². The van der Waals surface area contributed by atoms with Crippen LogP contribution in [0.3, 0.4) is 0 Å². The molecule has 0 spiro atoms. The molecule has 0 saturated heterocycles. The topological polar surface area (TPSA) is 142 Å². The third-order valence-corrected chi connectivity index (χ3v) is 11.4. The van der Waals surface area contributed by atoms with Crippen molar-refractivity contribution in [3.8, 4) is 75.2 Å². The van der Waals surface area contributed by atoms with E-state index < -0.39 is 11.7 Å². The van der Waals surface area contributed by atoms with Crippen LogP contribution in [-0.4, -0.2) is 14.1 Å². The number of nitrogens with zero attached hydrogens (tertiary/aromatic N) is 8. The maximum atomic E-state index is 14.6. The van der Waals surface area contributed by atoms with Gasteiger partial charge in [-0.3, -0.25) is 4.57 Å². The molecular weight excluding hydrogens is 806 g/mol. The minimum absolute atomic E-state index is 0.131. The second-order valence-corrected chi connectivity index (χ2v) is 15.2. The highest BCUT2D eigenvalue weighted by Crippen LogP contribution is 2.42. The number of fused-ring (bicyclic) bond motifs is 6. The van der Waals surface area contributed by atoms with E-state index in [0.29, 0.717) is 67.0 Å². The molecule has 0 unspecified atom stereocenters. The highest BCUT2D eigenvalue weighted by molar-refractivity contribution is 6.12. The van der Waals surface area contributed by atoms with Crippen molar-refractivity contribution in [1.29, 1.82) is 26.3 Å². The third kappa shape index (κ3) is 6.41. The molecule has 10 rings (SSSR count). The van der Waals surface area contributed by atoms with Crippen LogP contribution in [0.25, 0.3) is 88.5 Å². The molecule has 0 aliphatic rings. The lowest BCUT2D eigenvalue weighted by atomic mass is 9.98. The van der Waals surface area contributed by atoms with E-state index in [9.17, 15) is 39.5 Å². The van der Waals surface area contributed by atoms with E-state index in [1.54, 1.807) is 36.5 Å². The fourth-order valence-electron chi connectivity index (χ4n) is 8.63. The van der Waals surface area contributed by atoms with Crippen LogP contribution in [0.15, 0.2) is 152 Å². The second-order valence-electron chi connectivity index (χ2n) is 15.2. The van der Waals surface area contributed by atoms with E-state index >= 15 is 0 Å². The summed E-state index contributed by atoms with van der Waals surface area (Å²) < 4.78 is 47.7. The lowest BCUT2D eigenvalue weighted by Gasteiger charge is -2.18. The summed E-state index contributed by atoms with van der Waals surface area (Å²) in [7, 11) is 0. The quantitative estimate of drug-likeness (QED) is 0.169. The zero-order chi connectivity index (χ0) is 44.3. The average molecular weight is 831 g/mol. The highest BCUT2D eigenvalue weighted by atomic mass is 19.4. The van der Waals surface area contributed by atoms with Gasteiger partial charge in [0.05, 0.1) is 97.7 Å². The van der Waals surface area contributed by atoms with E-state index in [-0.39, 0.29) is 11.1 Å². The standard InChI is InChI=1S/C53H25F3N8/c54-53(55,56)41-20-35(29-61)19-40(21-41)46-24-52(64-48-8-4-2-6-43(48)45-12-10-37(23-50(45)64)39-17-33(27-59)14-34(18-39)28-60)62-30-51(46)63-47-7-3-1-5-42(47)44-11-9-36(22-49(44)63)38-15-31(25-57)13-32(16-38)26-58/h1-24,30H. The van der Waals surface area contributed by atoms with Gasteiger partial charge in [0.1, 0.15) is 5.82 Å². The van der Waals surface area contributed by atoms with Crippen LogP contribution in [0.1, 0.15) is 33.4 Å². The lowest BCUT2D eigenvalue weighted by Crippen LogP contribution is -2.07. The van der Waals surface area contributed by atoms with Crippen LogP contribution < -0.4 is 0 Å². The van der Waals surface area contributed by atoms with E-state index in [1.807, 2.05) is 100 Å². The Labute approximate surface area is 362 Å². The molecule has 0 bridgehead atoms. The van der Waals surface area contributed by atoms with Crippen molar-refractivity contribution >= 4 is 43.6 Å². The number of benzene rings is 7. The van der Waals surface area contributed by atoms with Crippen molar-refractivity contribution in [1.82, 2.24) is 14.1 Å². The molecule has 8 nitrogen and oxygen atoms in total. The number of aromatic nitrogens is 3. The molecule has 0 fully saturated rings. The monoisotopic (exact) mass is 830 g/mol. The summed E-state index contributed by atoms with van der Waals surface area (Å²) in [5.41, 5.74) is 6.63. The number of hydrogen-bond donors (Lipinski definition) is 0. The largest absolute Gasteiger partial charge is 0.416 e. The first kappa shape index (κ1) is 38.7. The normalized spacial score (nSPS) is 11.3.